The molecule has 12 nitrogen and oxygen atoms in total. The van der Waals surface area contributed by atoms with Gasteiger partial charge in [0.05, 0.1) is 30.2 Å². The molecule has 0 aliphatic carbocycles. The maximum absolute atomic E-state index is 13.8. The average molecular weight is 645 g/mol. The fraction of sp³-hybridized carbons (Fsp3) is 0.500. The summed E-state index contributed by atoms with van der Waals surface area (Å²) in [5, 5.41) is 17.6. The van der Waals surface area contributed by atoms with E-state index in [0.29, 0.717) is 37.9 Å². The molecule has 2 aromatic carbocycles. The van der Waals surface area contributed by atoms with Crippen molar-refractivity contribution < 1.29 is 37.3 Å². The van der Waals surface area contributed by atoms with E-state index in [4.69, 9.17) is 20.6 Å². The molecular weight excluding hydrogens is 600 g/mol. The number of ether oxygens (including phenoxy) is 3. The van der Waals surface area contributed by atoms with Crippen LogP contribution in [0, 0.1) is 18.3 Å². The van der Waals surface area contributed by atoms with Gasteiger partial charge in [0.1, 0.15) is 18.6 Å². The van der Waals surface area contributed by atoms with Crippen molar-refractivity contribution in [2.24, 2.45) is 5.92 Å². The number of carbonyl (C=O) groups excluding carboxylic acids is 2. The number of fused-ring (bicyclic) bond motifs is 1. The SMILES string of the molecule is C#CCCC(=O)N(NC(=O)CNCCOC)C(Cc1ccccc1)[C@H](O)CNC(C(C)C)S(=O)(=O)c1ccc2c(c1)OCCO2. The molecule has 2 unspecified atom stereocenters. The minimum atomic E-state index is -3.95. The molecule has 13 heteroatoms. The number of benzene rings is 2. The van der Waals surface area contributed by atoms with Gasteiger partial charge in [0.25, 0.3) is 5.91 Å². The van der Waals surface area contributed by atoms with Crippen LogP contribution in [0.15, 0.2) is 53.4 Å². The third-order valence-corrected chi connectivity index (χ3v) is 9.43. The summed E-state index contributed by atoms with van der Waals surface area (Å²) < 4.78 is 43.7. The molecule has 3 atom stereocenters. The zero-order valence-corrected chi connectivity index (χ0v) is 26.8. The average Bonchev–Trinajstić information content (AvgIpc) is 3.03. The molecule has 0 aromatic heterocycles. The summed E-state index contributed by atoms with van der Waals surface area (Å²) in [6, 6.07) is 12.7. The van der Waals surface area contributed by atoms with Crippen molar-refractivity contribution in [1.29, 1.82) is 0 Å². The van der Waals surface area contributed by atoms with Gasteiger partial charge in [0.2, 0.25) is 5.91 Å². The Bertz CT molecular complexity index is 1400. The molecule has 0 saturated carbocycles. The van der Waals surface area contributed by atoms with Crippen molar-refractivity contribution in [3.63, 3.8) is 0 Å². The number of nitrogens with zero attached hydrogens (tertiary/aromatic N) is 1. The second-order valence-electron chi connectivity index (χ2n) is 10.9. The van der Waals surface area contributed by atoms with Crippen LogP contribution in [0.2, 0.25) is 0 Å². The van der Waals surface area contributed by atoms with Crippen LogP contribution in [0.25, 0.3) is 0 Å². The summed E-state index contributed by atoms with van der Waals surface area (Å²) in [6.45, 7) is 4.72. The van der Waals surface area contributed by atoms with Gasteiger partial charge in [-0.3, -0.25) is 20.3 Å². The Morgan fingerprint density at radius 2 is 1.82 bits per heavy atom. The van der Waals surface area contributed by atoms with Crippen LogP contribution in [-0.2, 0) is 30.6 Å². The van der Waals surface area contributed by atoms with Crippen molar-refractivity contribution in [1.82, 2.24) is 21.1 Å². The lowest BCUT2D eigenvalue weighted by atomic mass is 9.99. The largest absolute Gasteiger partial charge is 0.486 e. The third-order valence-electron chi connectivity index (χ3n) is 7.14. The van der Waals surface area contributed by atoms with Crippen LogP contribution >= 0.6 is 0 Å². The fourth-order valence-electron chi connectivity index (χ4n) is 4.86. The highest BCUT2D eigenvalue weighted by Crippen LogP contribution is 2.34. The predicted molar refractivity (Wildman–Crippen MR) is 169 cm³/mol. The highest BCUT2D eigenvalue weighted by atomic mass is 32.2. The molecular formula is C32H44N4O8S. The molecule has 1 aliphatic heterocycles. The van der Waals surface area contributed by atoms with Gasteiger partial charge in [-0.15, -0.1) is 12.3 Å². The number of terminal acetylenes is 1. The van der Waals surface area contributed by atoms with Gasteiger partial charge in [-0.2, -0.15) is 0 Å². The lowest BCUT2D eigenvalue weighted by molar-refractivity contribution is -0.147. The number of aliphatic hydroxyl groups excluding tert-OH is 1. The second kappa shape index (κ2) is 17.7. The molecule has 0 fully saturated rings. The minimum absolute atomic E-state index is 0.0487. The van der Waals surface area contributed by atoms with Gasteiger partial charge in [-0.05, 0) is 30.0 Å². The van der Waals surface area contributed by atoms with Crippen LogP contribution in [-0.4, -0.2) is 94.4 Å². The Labute approximate surface area is 265 Å². The topological polar surface area (TPSA) is 156 Å². The standard InChI is InChI=1S/C32H44N4O8S/c1-5-6-12-31(39)36(35-30(38)22-33-15-16-42-4)26(19-24-10-8-7-9-11-24)27(37)21-34-32(23(2)3)45(40,41)25-13-14-28-29(20-25)44-18-17-43-28/h1,7-11,13-14,20,23,26-27,32-34,37H,6,12,15-19,21-22H2,2-4H3,(H,35,38)/t26?,27-,32?/m1/s1. The smallest absolute Gasteiger partial charge is 0.252 e. The number of amides is 2. The molecule has 0 spiro atoms. The van der Waals surface area contributed by atoms with E-state index in [1.807, 2.05) is 30.3 Å². The molecule has 0 radical (unpaired) electrons. The first kappa shape index (κ1) is 35.8. The van der Waals surface area contributed by atoms with E-state index >= 15 is 0 Å². The van der Waals surface area contributed by atoms with E-state index in [1.165, 1.54) is 12.1 Å². The number of hydrogen-bond acceptors (Lipinski definition) is 10. The van der Waals surface area contributed by atoms with Crippen LogP contribution < -0.4 is 25.5 Å². The van der Waals surface area contributed by atoms with Crippen LogP contribution in [0.4, 0.5) is 0 Å². The molecule has 2 amide bonds. The zero-order chi connectivity index (χ0) is 32.8. The summed E-state index contributed by atoms with van der Waals surface area (Å²) >= 11 is 0. The number of carbonyl (C=O) groups is 2. The normalized spacial score (nSPS) is 14.7. The number of nitrogens with one attached hydrogen (secondary N) is 3. The summed E-state index contributed by atoms with van der Waals surface area (Å²) in [4.78, 5) is 26.3. The number of rotatable bonds is 17. The van der Waals surface area contributed by atoms with Crippen molar-refractivity contribution in [2.45, 2.75) is 55.5 Å². The Morgan fingerprint density at radius 3 is 2.49 bits per heavy atom. The van der Waals surface area contributed by atoms with Crippen LogP contribution in [0.1, 0.15) is 32.3 Å². The van der Waals surface area contributed by atoms with Crippen molar-refractivity contribution in [2.75, 3.05) is 46.6 Å². The van der Waals surface area contributed by atoms with Gasteiger partial charge >= 0.3 is 0 Å². The van der Waals surface area contributed by atoms with Gasteiger partial charge in [0.15, 0.2) is 21.3 Å². The monoisotopic (exact) mass is 644 g/mol. The van der Waals surface area contributed by atoms with Crippen molar-refractivity contribution in [3.05, 3.63) is 54.1 Å². The molecule has 3 rings (SSSR count). The molecule has 1 aliphatic rings. The van der Waals surface area contributed by atoms with Crippen LogP contribution in [0.5, 0.6) is 11.5 Å². The zero-order valence-electron chi connectivity index (χ0n) is 26.0. The van der Waals surface area contributed by atoms with Gasteiger partial charge in [-0.1, -0.05) is 44.2 Å². The fourth-order valence-corrected chi connectivity index (χ4v) is 6.71. The van der Waals surface area contributed by atoms with E-state index in [1.54, 1.807) is 27.0 Å². The quantitative estimate of drug-likeness (QED) is 0.112. The molecule has 4 N–H and O–H groups in total. The number of hydrogen-bond donors (Lipinski definition) is 4. The number of methoxy groups -OCH3 is 1. The molecule has 45 heavy (non-hydrogen) atoms. The predicted octanol–water partition coefficient (Wildman–Crippen LogP) is 1.28. The Kier molecular flexibility index (Phi) is 14.1. The van der Waals surface area contributed by atoms with Crippen LogP contribution in [0.3, 0.4) is 0 Å². The molecule has 2 aromatic rings. The van der Waals surface area contributed by atoms with E-state index in [-0.39, 0.29) is 37.2 Å². The first-order chi connectivity index (χ1) is 21.6. The number of sulfone groups is 1. The first-order valence-electron chi connectivity index (χ1n) is 14.9. The summed E-state index contributed by atoms with van der Waals surface area (Å²) in [5.74, 6) is 1.87. The Morgan fingerprint density at radius 1 is 1.11 bits per heavy atom. The Balaban J connectivity index is 1.86. The minimum Gasteiger partial charge on any atom is -0.486 e. The second-order valence-corrected chi connectivity index (χ2v) is 13.0. The van der Waals surface area contributed by atoms with E-state index < -0.39 is 45.1 Å². The first-order valence-corrected chi connectivity index (χ1v) is 16.5. The van der Waals surface area contributed by atoms with Gasteiger partial charge in [0, 0.05) is 39.1 Å². The third kappa shape index (κ3) is 10.4. The van der Waals surface area contributed by atoms with E-state index in [2.05, 4.69) is 22.0 Å². The lowest BCUT2D eigenvalue weighted by Crippen LogP contribution is -2.60. The van der Waals surface area contributed by atoms with E-state index in [0.717, 1.165) is 10.6 Å². The highest BCUT2D eigenvalue weighted by Gasteiger charge is 2.35. The highest BCUT2D eigenvalue weighted by molar-refractivity contribution is 7.92. The van der Waals surface area contributed by atoms with Gasteiger partial charge < -0.3 is 24.6 Å². The maximum Gasteiger partial charge on any atom is 0.252 e. The van der Waals surface area contributed by atoms with Crippen molar-refractivity contribution >= 4 is 21.7 Å². The summed E-state index contributed by atoms with van der Waals surface area (Å²) in [7, 11) is -2.40. The molecule has 1 heterocycles. The molecule has 0 bridgehead atoms. The molecule has 246 valence electrons. The molecule has 0 saturated heterocycles. The summed E-state index contributed by atoms with van der Waals surface area (Å²) in [6.07, 6.45) is 4.35. The summed E-state index contributed by atoms with van der Waals surface area (Å²) in [5.41, 5.74) is 3.44. The Hall–Kier alpha value is -3.67. The van der Waals surface area contributed by atoms with E-state index in [9.17, 15) is 23.1 Å². The maximum atomic E-state index is 13.8. The number of hydrazine groups is 1. The number of aliphatic hydroxyl groups is 1. The van der Waals surface area contributed by atoms with Crippen molar-refractivity contribution in [3.8, 4) is 23.8 Å². The lowest BCUT2D eigenvalue weighted by Gasteiger charge is -2.36. The van der Waals surface area contributed by atoms with Gasteiger partial charge in [-0.25, -0.2) is 13.4 Å².